The van der Waals surface area contributed by atoms with Crippen molar-refractivity contribution in [2.45, 2.75) is 36.9 Å². The van der Waals surface area contributed by atoms with Gasteiger partial charge in [-0.25, -0.2) is 4.79 Å². The zero-order valence-electron chi connectivity index (χ0n) is 13.3. The Labute approximate surface area is 162 Å². The van der Waals surface area contributed by atoms with Crippen LogP contribution in [0, 0.1) is 0 Å². The number of hydrogen-bond donors (Lipinski definition) is 5. The molecule has 0 saturated heterocycles. The average molecular weight is 451 g/mol. The third-order valence-corrected chi connectivity index (χ3v) is 2.54. The predicted octanol–water partition coefficient (Wildman–Crippen LogP) is -6.88. The van der Waals surface area contributed by atoms with Gasteiger partial charge in [-0.15, -0.1) is 0 Å². The minimum absolute atomic E-state index is 0. The maximum Gasteiger partial charge on any atom is 3.00 e. The minimum Gasteiger partial charge on any atom is -0.550 e. The smallest absolute Gasteiger partial charge is 0.550 e. The number of rotatable bonds is 10. The van der Waals surface area contributed by atoms with E-state index in [1.165, 1.54) is 0 Å². The normalized spacial score (nSPS) is 10.4. The van der Waals surface area contributed by atoms with Crippen LogP contribution in [-0.4, -0.2) is 92.3 Å². The second-order valence-corrected chi connectivity index (χ2v) is 4.89. The molecule has 0 aliphatic rings. The molecule has 0 unspecified atom stereocenters. The number of carbonyl (C=O) groups is 6. The SMILES string of the molecule is O=C(O)CC(O)(CC(=O)O)C(=O)O.O=C([O-])CC(O)(CC(=O)[O-])C(=O)[O-].[Ga+3]. The Balaban J connectivity index is -0.000000411. The molecule has 14 nitrogen and oxygen atoms in total. The molecule has 0 aliphatic heterocycles. The maximum absolute atomic E-state index is 10.3. The van der Waals surface area contributed by atoms with Gasteiger partial charge in [-0.2, -0.15) is 0 Å². The van der Waals surface area contributed by atoms with Crippen molar-refractivity contribution in [1.82, 2.24) is 0 Å². The molecule has 0 aromatic carbocycles. The first-order chi connectivity index (χ1) is 11.6. The fraction of sp³-hybridized carbons (Fsp3) is 0.500. The monoisotopic (exact) mass is 450 g/mol. The van der Waals surface area contributed by atoms with E-state index in [9.17, 15) is 44.1 Å². The van der Waals surface area contributed by atoms with Crippen LogP contribution < -0.4 is 15.3 Å². The van der Waals surface area contributed by atoms with Gasteiger partial charge in [0, 0.05) is 24.8 Å². The molecule has 0 heterocycles. The molecule has 148 valence electrons. The summed E-state index contributed by atoms with van der Waals surface area (Å²) in [6.07, 6.45) is -5.00. The van der Waals surface area contributed by atoms with Gasteiger partial charge < -0.3 is 55.2 Å². The number of carboxylic acids is 6. The molecule has 0 aromatic heterocycles. The van der Waals surface area contributed by atoms with Gasteiger partial charge in [0.15, 0.2) is 5.60 Å². The van der Waals surface area contributed by atoms with Gasteiger partial charge in [0.25, 0.3) is 0 Å². The molecule has 0 saturated carbocycles. The Bertz CT molecular complexity index is 513. The van der Waals surface area contributed by atoms with Gasteiger partial charge in [-0.05, 0) is 0 Å². The summed E-state index contributed by atoms with van der Waals surface area (Å²) in [5, 5.41) is 72.7. The van der Waals surface area contributed by atoms with Crippen molar-refractivity contribution in [3.63, 3.8) is 0 Å². The molecule has 15 heteroatoms. The van der Waals surface area contributed by atoms with Crippen LogP contribution in [0.15, 0.2) is 0 Å². The Hall–Kier alpha value is -2.62. The predicted molar refractivity (Wildman–Crippen MR) is 72.1 cm³/mol. The van der Waals surface area contributed by atoms with Crippen LogP contribution in [0.3, 0.4) is 0 Å². The van der Waals surface area contributed by atoms with Crippen LogP contribution in [0.25, 0.3) is 0 Å². The van der Waals surface area contributed by atoms with E-state index < -0.39 is 72.7 Å². The Morgan fingerprint density at radius 1 is 0.630 bits per heavy atom. The molecule has 0 aliphatic carbocycles. The topological polar surface area (TPSA) is 273 Å². The van der Waals surface area contributed by atoms with Crippen LogP contribution in [0.2, 0.25) is 0 Å². The van der Waals surface area contributed by atoms with Crippen LogP contribution in [-0.2, 0) is 28.8 Å². The van der Waals surface area contributed by atoms with Crippen molar-refractivity contribution in [1.29, 1.82) is 0 Å². The number of hydrogen-bond acceptors (Lipinski definition) is 11. The van der Waals surface area contributed by atoms with Crippen LogP contribution in [0.1, 0.15) is 25.7 Å². The van der Waals surface area contributed by atoms with E-state index in [-0.39, 0.29) is 19.8 Å². The zero-order valence-corrected chi connectivity index (χ0v) is 15.7. The molecule has 0 rings (SSSR count). The largest absolute Gasteiger partial charge is 3.00 e. The first kappa shape index (κ1) is 29.2. The molecule has 0 aromatic rings. The van der Waals surface area contributed by atoms with Gasteiger partial charge in [0.05, 0.1) is 18.8 Å². The van der Waals surface area contributed by atoms with E-state index >= 15 is 0 Å². The summed E-state index contributed by atoms with van der Waals surface area (Å²) in [6.45, 7) is 0. The second kappa shape index (κ2) is 11.9. The van der Waals surface area contributed by atoms with Crippen molar-refractivity contribution >= 4 is 55.6 Å². The summed E-state index contributed by atoms with van der Waals surface area (Å²) in [7, 11) is 0. The quantitative estimate of drug-likeness (QED) is 0.193. The van der Waals surface area contributed by atoms with E-state index in [2.05, 4.69) is 0 Å². The number of aliphatic hydroxyl groups is 2. The zero-order chi connectivity index (χ0) is 21.3. The maximum atomic E-state index is 10.3. The molecular formula is C12H13GaO14. The number of carboxylic acid groups (broad SMARTS) is 6. The molecule has 0 bridgehead atoms. The average Bonchev–Trinajstić information content (AvgIpc) is 2.34. The van der Waals surface area contributed by atoms with Crippen molar-refractivity contribution in [2.75, 3.05) is 0 Å². The first-order valence-corrected chi connectivity index (χ1v) is 6.28. The van der Waals surface area contributed by atoms with E-state index in [1.807, 2.05) is 0 Å². The third-order valence-electron chi connectivity index (χ3n) is 2.54. The van der Waals surface area contributed by atoms with Crippen molar-refractivity contribution in [3.05, 3.63) is 0 Å². The molecule has 27 heavy (non-hydrogen) atoms. The summed E-state index contributed by atoms with van der Waals surface area (Å²) < 4.78 is 0. The second-order valence-electron chi connectivity index (χ2n) is 4.89. The summed E-state index contributed by atoms with van der Waals surface area (Å²) in [5.74, 6) is -11.0. The molecule has 0 spiro atoms. The van der Waals surface area contributed by atoms with E-state index in [4.69, 9.17) is 25.5 Å². The minimum atomic E-state index is -2.97. The number of carbonyl (C=O) groups excluding carboxylic acids is 3. The summed E-state index contributed by atoms with van der Waals surface area (Å²) in [6, 6.07) is 0. The molecular weight excluding hydrogens is 438 g/mol. The van der Waals surface area contributed by atoms with Gasteiger partial charge in [0.2, 0.25) is 0 Å². The summed E-state index contributed by atoms with van der Waals surface area (Å²) in [4.78, 5) is 60.5. The van der Waals surface area contributed by atoms with Gasteiger partial charge >= 0.3 is 37.7 Å². The molecule has 0 atom stereocenters. The van der Waals surface area contributed by atoms with Gasteiger partial charge in [-0.1, -0.05) is 0 Å². The molecule has 0 radical (unpaired) electrons. The van der Waals surface area contributed by atoms with Crippen LogP contribution >= 0.6 is 0 Å². The fourth-order valence-corrected chi connectivity index (χ4v) is 1.40. The Morgan fingerprint density at radius 2 is 0.926 bits per heavy atom. The Morgan fingerprint density at radius 3 is 1.07 bits per heavy atom. The van der Waals surface area contributed by atoms with E-state index in [1.54, 1.807) is 0 Å². The van der Waals surface area contributed by atoms with Crippen molar-refractivity contribution in [3.8, 4) is 0 Å². The standard InChI is InChI=1S/2C6H8O7.Ga/c2*7-3(8)1-6(13,5(11)12)2-4(9)10;/h2*13H,1-2H2,(H,7,8)(H,9,10)(H,11,12);/q;;+3/p-3. The Kier molecular flexibility index (Phi) is 12.8. The molecule has 0 fully saturated rings. The fourth-order valence-electron chi connectivity index (χ4n) is 1.40. The van der Waals surface area contributed by atoms with Gasteiger partial charge in [-0.3, -0.25) is 9.59 Å². The first-order valence-electron chi connectivity index (χ1n) is 6.28. The molecule has 5 N–H and O–H groups in total. The van der Waals surface area contributed by atoms with Crippen LogP contribution in [0.4, 0.5) is 0 Å². The number of aliphatic carboxylic acids is 6. The van der Waals surface area contributed by atoms with Crippen molar-refractivity contribution < 1.29 is 69.6 Å². The summed E-state index contributed by atoms with van der Waals surface area (Å²) >= 11 is 0. The van der Waals surface area contributed by atoms with E-state index in [0.29, 0.717) is 0 Å². The van der Waals surface area contributed by atoms with E-state index in [0.717, 1.165) is 0 Å². The third kappa shape index (κ3) is 12.4. The van der Waals surface area contributed by atoms with Crippen molar-refractivity contribution in [2.24, 2.45) is 0 Å². The van der Waals surface area contributed by atoms with Crippen LogP contribution in [0.5, 0.6) is 0 Å². The molecule has 0 amide bonds. The summed E-state index contributed by atoms with van der Waals surface area (Å²) in [5.41, 5.74) is -5.71. The van der Waals surface area contributed by atoms with Gasteiger partial charge in [0.1, 0.15) is 5.60 Å².